The number of hydrogen-bond donors (Lipinski definition) is 1. The van der Waals surface area contributed by atoms with Crippen molar-refractivity contribution < 1.29 is 5.11 Å². The zero-order valence-corrected chi connectivity index (χ0v) is 12.4. The van der Waals surface area contributed by atoms with Crippen molar-refractivity contribution in [2.45, 2.75) is 37.0 Å². The maximum Gasteiger partial charge on any atom is 0.103 e. The van der Waals surface area contributed by atoms with Crippen LogP contribution in [0.15, 0.2) is 35.2 Å². The van der Waals surface area contributed by atoms with Crippen LogP contribution < -0.4 is 0 Å². The highest BCUT2D eigenvalue weighted by atomic mass is 32.2. The number of nitrogens with zero attached hydrogens (tertiary/aromatic N) is 1. The Bertz CT molecular complexity index is 514. The molecule has 18 heavy (non-hydrogen) atoms. The van der Waals surface area contributed by atoms with Crippen LogP contribution in [-0.4, -0.2) is 10.1 Å². The number of thioether (sulfide) groups is 1. The Morgan fingerprint density at radius 2 is 1.94 bits per heavy atom. The van der Waals surface area contributed by atoms with E-state index in [4.69, 9.17) is 0 Å². The van der Waals surface area contributed by atoms with Crippen molar-refractivity contribution in [3.05, 3.63) is 45.9 Å². The molecule has 1 N–H and O–H groups in total. The summed E-state index contributed by atoms with van der Waals surface area (Å²) in [5.74, 6) is 0.853. The van der Waals surface area contributed by atoms with E-state index >= 15 is 0 Å². The summed E-state index contributed by atoms with van der Waals surface area (Å²) in [7, 11) is 0. The van der Waals surface area contributed by atoms with Gasteiger partial charge in [0.2, 0.25) is 0 Å². The van der Waals surface area contributed by atoms with E-state index in [2.05, 4.69) is 17.1 Å². The fraction of sp³-hybridized carbons (Fsp3) is 0.357. The molecule has 1 heterocycles. The van der Waals surface area contributed by atoms with Gasteiger partial charge in [0.15, 0.2) is 0 Å². The van der Waals surface area contributed by atoms with Crippen molar-refractivity contribution >= 4 is 23.1 Å². The third-order valence-corrected chi connectivity index (χ3v) is 5.18. The van der Waals surface area contributed by atoms with E-state index in [-0.39, 0.29) is 0 Å². The largest absolute Gasteiger partial charge is 0.385 e. The highest BCUT2D eigenvalue weighted by Crippen LogP contribution is 2.32. The summed E-state index contributed by atoms with van der Waals surface area (Å²) >= 11 is 3.38. The van der Waals surface area contributed by atoms with Crippen molar-refractivity contribution in [1.82, 2.24) is 4.98 Å². The Morgan fingerprint density at radius 3 is 2.50 bits per heavy atom. The van der Waals surface area contributed by atoms with Crippen LogP contribution in [0.2, 0.25) is 0 Å². The molecule has 0 saturated heterocycles. The summed E-state index contributed by atoms with van der Waals surface area (Å²) < 4.78 is 0. The quantitative estimate of drug-likeness (QED) is 0.860. The maximum absolute atomic E-state index is 10.0. The molecule has 0 saturated carbocycles. The zero-order chi connectivity index (χ0) is 13.2. The van der Waals surface area contributed by atoms with Crippen molar-refractivity contribution in [2.24, 2.45) is 0 Å². The third kappa shape index (κ3) is 3.34. The molecule has 0 amide bonds. The van der Waals surface area contributed by atoms with Gasteiger partial charge in [-0.15, -0.1) is 23.1 Å². The Kier molecular flexibility index (Phi) is 4.10. The molecule has 2 aromatic rings. The van der Waals surface area contributed by atoms with Gasteiger partial charge in [0, 0.05) is 4.90 Å². The average Bonchev–Trinajstić information content (AvgIpc) is 2.69. The zero-order valence-electron chi connectivity index (χ0n) is 10.8. The molecule has 0 bridgehead atoms. The molecule has 4 heteroatoms. The molecule has 2 nitrogen and oxygen atoms in total. The van der Waals surface area contributed by atoms with Crippen molar-refractivity contribution in [1.29, 1.82) is 0 Å². The number of aliphatic hydroxyl groups is 1. The fourth-order valence-corrected chi connectivity index (χ4v) is 3.72. The predicted molar refractivity (Wildman–Crippen MR) is 78.1 cm³/mol. The first kappa shape index (κ1) is 13.6. The Balaban J connectivity index is 2.07. The summed E-state index contributed by atoms with van der Waals surface area (Å²) in [6, 6.07) is 10.3. The molecule has 0 radical (unpaired) electrons. The van der Waals surface area contributed by atoms with Crippen LogP contribution in [-0.2, 0) is 11.4 Å². The SMILES string of the molecule is Cc1nc(CSc2ccccc2)sc1C(C)(C)O. The van der Waals surface area contributed by atoms with Crippen LogP contribution >= 0.6 is 23.1 Å². The molecule has 1 aromatic heterocycles. The van der Waals surface area contributed by atoms with Crippen molar-refractivity contribution in [3.8, 4) is 0 Å². The van der Waals surface area contributed by atoms with E-state index < -0.39 is 5.60 Å². The van der Waals surface area contributed by atoms with E-state index in [1.54, 1.807) is 23.1 Å². The number of aromatic nitrogens is 1. The van der Waals surface area contributed by atoms with Gasteiger partial charge in [-0.2, -0.15) is 0 Å². The lowest BCUT2D eigenvalue weighted by Gasteiger charge is -2.14. The summed E-state index contributed by atoms with van der Waals surface area (Å²) in [4.78, 5) is 6.74. The minimum absolute atomic E-state index is 0.794. The minimum Gasteiger partial charge on any atom is -0.385 e. The molecule has 1 aromatic carbocycles. The molecule has 96 valence electrons. The first-order chi connectivity index (χ1) is 8.47. The van der Waals surface area contributed by atoms with E-state index in [1.165, 1.54) is 4.90 Å². The van der Waals surface area contributed by atoms with E-state index in [0.717, 1.165) is 21.3 Å². The van der Waals surface area contributed by atoms with E-state index in [0.29, 0.717) is 0 Å². The topological polar surface area (TPSA) is 33.1 Å². The number of aryl methyl sites for hydroxylation is 1. The van der Waals surface area contributed by atoms with E-state index in [9.17, 15) is 5.11 Å². The molecular formula is C14H17NOS2. The summed E-state index contributed by atoms with van der Waals surface area (Å²) in [6.07, 6.45) is 0. The number of hydrogen-bond acceptors (Lipinski definition) is 4. The van der Waals surface area contributed by atoms with Gasteiger partial charge < -0.3 is 5.11 Å². The minimum atomic E-state index is -0.794. The monoisotopic (exact) mass is 279 g/mol. The highest BCUT2D eigenvalue weighted by Gasteiger charge is 2.22. The predicted octanol–water partition coefficient (Wildman–Crippen LogP) is 3.97. The lowest BCUT2D eigenvalue weighted by molar-refractivity contribution is 0.0817. The average molecular weight is 279 g/mol. The van der Waals surface area contributed by atoms with Crippen LogP contribution in [0.3, 0.4) is 0 Å². The van der Waals surface area contributed by atoms with Gasteiger partial charge in [0.25, 0.3) is 0 Å². The van der Waals surface area contributed by atoms with Gasteiger partial charge in [-0.05, 0) is 32.9 Å². The molecule has 0 fully saturated rings. The number of thiazole rings is 1. The molecule has 2 rings (SSSR count). The fourth-order valence-electron chi connectivity index (χ4n) is 1.74. The molecular weight excluding hydrogens is 262 g/mol. The van der Waals surface area contributed by atoms with Gasteiger partial charge in [-0.3, -0.25) is 0 Å². The lowest BCUT2D eigenvalue weighted by Crippen LogP contribution is -2.14. The first-order valence-electron chi connectivity index (χ1n) is 5.84. The number of rotatable bonds is 4. The highest BCUT2D eigenvalue weighted by molar-refractivity contribution is 7.98. The Morgan fingerprint density at radius 1 is 1.28 bits per heavy atom. The Hall–Kier alpha value is -0.840. The summed E-state index contributed by atoms with van der Waals surface area (Å²) in [5, 5.41) is 11.1. The van der Waals surface area contributed by atoms with E-state index in [1.807, 2.05) is 39.0 Å². The second kappa shape index (κ2) is 5.43. The summed E-state index contributed by atoms with van der Waals surface area (Å²) in [6.45, 7) is 5.57. The molecule has 0 atom stereocenters. The van der Waals surface area contributed by atoms with Gasteiger partial charge in [-0.25, -0.2) is 4.98 Å². The Labute approximate surface area is 116 Å². The smallest absolute Gasteiger partial charge is 0.103 e. The van der Waals surface area contributed by atoms with Crippen LogP contribution in [0.25, 0.3) is 0 Å². The molecule has 0 unspecified atom stereocenters. The van der Waals surface area contributed by atoms with Gasteiger partial charge >= 0.3 is 0 Å². The van der Waals surface area contributed by atoms with Crippen molar-refractivity contribution in [3.63, 3.8) is 0 Å². The standard InChI is InChI=1S/C14H17NOS2/c1-10-13(14(2,3)16)18-12(15-10)9-17-11-7-5-4-6-8-11/h4-8,16H,9H2,1-3H3. The van der Waals surface area contributed by atoms with Crippen molar-refractivity contribution in [2.75, 3.05) is 0 Å². The third-order valence-electron chi connectivity index (χ3n) is 2.50. The van der Waals surface area contributed by atoms with Crippen LogP contribution in [0.1, 0.15) is 29.4 Å². The second-order valence-corrected chi connectivity index (χ2v) is 6.82. The normalized spacial score (nSPS) is 11.8. The molecule has 0 spiro atoms. The molecule has 0 aliphatic rings. The van der Waals surface area contributed by atoms with Crippen LogP contribution in [0.4, 0.5) is 0 Å². The van der Waals surface area contributed by atoms with Crippen LogP contribution in [0, 0.1) is 6.92 Å². The maximum atomic E-state index is 10.0. The summed E-state index contributed by atoms with van der Waals surface area (Å²) in [5.41, 5.74) is 0.147. The van der Waals surface area contributed by atoms with Gasteiger partial charge in [0.1, 0.15) is 5.01 Å². The second-order valence-electron chi connectivity index (χ2n) is 4.68. The van der Waals surface area contributed by atoms with Gasteiger partial charge in [-0.1, -0.05) is 18.2 Å². The lowest BCUT2D eigenvalue weighted by atomic mass is 10.1. The molecule has 0 aliphatic heterocycles. The first-order valence-corrected chi connectivity index (χ1v) is 7.64. The van der Waals surface area contributed by atoms with Crippen LogP contribution in [0.5, 0.6) is 0 Å². The molecule has 0 aliphatic carbocycles. The van der Waals surface area contributed by atoms with Gasteiger partial charge in [0.05, 0.1) is 21.9 Å². The number of benzene rings is 1.